The van der Waals surface area contributed by atoms with E-state index in [0.29, 0.717) is 30.2 Å². The van der Waals surface area contributed by atoms with Crippen molar-refractivity contribution in [3.05, 3.63) is 41.1 Å². The molecule has 0 aliphatic carbocycles. The van der Waals surface area contributed by atoms with Crippen molar-refractivity contribution in [3.8, 4) is 11.6 Å². The van der Waals surface area contributed by atoms with E-state index in [1.807, 2.05) is 11.9 Å². The van der Waals surface area contributed by atoms with Crippen molar-refractivity contribution >= 4 is 16.0 Å². The molecule has 0 bridgehead atoms. The van der Waals surface area contributed by atoms with Gasteiger partial charge in [-0.25, -0.2) is 22.2 Å². The topological polar surface area (TPSA) is 78.9 Å². The van der Waals surface area contributed by atoms with Crippen LogP contribution in [0.4, 0.5) is 14.7 Å². The Kier molecular flexibility index (Phi) is 6.09. The summed E-state index contributed by atoms with van der Waals surface area (Å²) in [5.74, 6) is -1.27. The maximum absolute atomic E-state index is 13.7. The minimum Gasteiger partial charge on any atom is -0.438 e. The zero-order chi connectivity index (χ0) is 22.2. The third-order valence-electron chi connectivity index (χ3n) is 5.63. The van der Waals surface area contributed by atoms with Gasteiger partial charge >= 0.3 is 0 Å². The minimum absolute atomic E-state index is 0.0120. The fourth-order valence-electron chi connectivity index (χ4n) is 3.65. The Hall–Kier alpha value is -2.37. The van der Waals surface area contributed by atoms with Crippen molar-refractivity contribution < 1.29 is 21.9 Å². The lowest BCUT2D eigenvalue weighted by molar-refractivity contribution is 0.310. The Balaban J connectivity index is 1.72. The molecule has 2 aromatic rings. The Morgan fingerprint density at radius 1 is 1.06 bits per heavy atom. The van der Waals surface area contributed by atoms with Gasteiger partial charge in [0.05, 0.1) is 17.0 Å². The number of aromatic nitrogens is 2. The van der Waals surface area contributed by atoms with Crippen molar-refractivity contribution in [2.75, 3.05) is 50.4 Å². The molecule has 2 aliphatic heterocycles. The SMILES string of the molecule is CCS(=O)(=O)N1CCc2nc(N3CCN(C)CC3)nc(Oc3ccc(F)c(F)c3)c2C1. The molecule has 3 heterocycles. The van der Waals surface area contributed by atoms with Gasteiger partial charge in [0, 0.05) is 51.8 Å². The van der Waals surface area contributed by atoms with Gasteiger partial charge in [-0.3, -0.25) is 0 Å². The molecule has 31 heavy (non-hydrogen) atoms. The van der Waals surface area contributed by atoms with Gasteiger partial charge in [0.2, 0.25) is 21.9 Å². The van der Waals surface area contributed by atoms with E-state index in [0.717, 1.165) is 38.3 Å². The third-order valence-corrected chi connectivity index (χ3v) is 7.45. The number of nitrogens with zero attached hydrogens (tertiary/aromatic N) is 5. The van der Waals surface area contributed by atoms with Crippen LogP contribution in [0.25, 0.3) is 0 Å². The molecular weight excluding hydrogens is 428 g/mol. The Labute approximate surface area is 180 Å². The smallest absolute Gasteiger partial charge is 0.228 e. The predicted octanol–water partition coefficient (Wildman–Crippen LogP) is 2.01. The van der Waals surface area contributed by atoms with Crippen LogP contribution in [0, 0.1) is 11.6 Å². The summed E-state index contributed by atoms with van der Waals surface area (Å²) in [6, 6.07) is 3.24. The normalized spacial score (nSPS) is 18.1. The largest absolute Gasteiger partial charge is 0.438 e. The van der Waals surface area contributed by atoms with Gasteiger partial charge in [0.25, 0.3) is 0 Å². The highest BCUT2D eigenvalue weighted by Crippen LogP contribution is 2.33. The quantitative estimate of drug-likeness (QED) is 0.685. The van der Waals surface area contributed by atoms with Crippen LogP contribution in [0.1, 0.15) is 18.2 Å². The molecule has 0 unspecified atom stereocenters. The van der Waals surface area contributed by atoms with Gasteiger partial charge < -0.3 is 14.5 Å². The number of hydrogen-bond donors (Lipinski definition) is 0. The molecule has 8 nitrogen and oxygen atoms in total. The van der Waals surface area contributed by atoms with Crippen molar-refractivity contribution in [1.82, 2.24) is 19.2 Å². The van der Waals surface area contributed by atoms with E-state index in [2.05, 4.69) is 9.88 Å². The summed E-state index contributed by atoms with van der Waals surface area (Å²) in [5.41, 5.74) is 1.26. The number of sulfonamides is 1. The van der Waals surface area contributed by atoms with E-state index in [1.165, 1.54) is 10.4 Å². The lowest BCUT2D eigenvalue weighted by Crippen LogP contribution is -2.45. The van der Waals surface area contributed by atoms with Crippen molar-refractivity contribution in [2.45, 2.75) is 19.9 Å². The Morgan fingerprint density at radius 3 is 2.48 bits per heavy atom. The first-order valence-electron chi connectivity index (χ1n) is 10.2. The zero-order valence-electron chi connectivity index (χ0n) is 17.5. The van der Waals surface area contributed by atoms with Crippen molar-refractivity contribution in [1.29, 1.82) is 0 Å². The van der Waals surface area contributed by atoms with Crippen LogP contribution in [0.5, 0.6) is 11.6 Å². The molecule has 1 fully saturated rings. The summed E-state index contributed by atoms with van der Waals surface area (Å²) in [6.07, 6.45) is 0.423. The number of benzene rings is 1. The first-order chi connectivity index (χ1) is 14.8. The summed E-state index contributed by atoms with van der Waals surface area (Å²) in [6.45, 7) is 5.22. The molecule has 0 N–H and O–H groups in total. The zero-order valence-corrected chi connectivity index (χ0v) is 18.3. The van der Waals surface area contributed by atoms with E-state index in [1.54, 1.807) is 6.92 Å². The summed E-state index contributed by atoms with van der Waals surface area (Å²) in [7, 11) is -1.36. The highest BCUT2D eigenvalue weighted by molar-refractivity contribution is 7.89. The first-order valence-corrected chi connectivity index (χ1v) is 11.8. The molecule has 0 spiro atoms. The van der Waals surface area contributed by atoms with Gasteiger partial charge in [-0.05, 0) is 26.1 Å². The molecule has 168 valence electrons. The van der Waals surface area contributed by atoms with Gasteiger partial charge in [-0.1, -0.05) is 0 Å². The van der Waals surface area contributed by atoms with E-state index in [-0.39, 0.29) is 23.9 Å². The lowest BCUT2D eigenvalue weighted by Gasteiger charge is -2.34. The Bertz CT molecular complexity index is 1070. The summed E-state index contributed by atoms with van der Waals surface area (Å²) < 4.78 is 59.1. The van der Waals surface area contributed by atoms with E-state index in [4.69, 9.17) is 9.72 Å². The predicted molar refractivity (Wildman–Crippen MR) is 112 cm³/mol. The molecule has 0 amide bonds. The van der Waals surface area contributed by atoms with Gasteiger partial charge in [-0.15, -0.1) is 0 Å². The second-order valence-corrected chi connectivity index (χ2v) is 9.96. The number of likely N-dealkylation sites (N-methyl/N-ethyl adjacent to an activating group) is 1. The molecule has 1 saturated heterocycles. The highest BCUT2D eigenvalue weighted by atomic mass is 32.2. The van der Waals surface area contributed by atoms with Crippen LogP contribution in [0.15, 0.2) is 18.2 Å². The minimum atomic E-state index is -3.41. The van der Waals surface area contributed by atoms with Crippen LogP contribution in [0.2, 0.25) is 0 Å². The number of rotatable bonds is 5. The van der Waals surface area contributed by atoms with Crippen LogP contribution in [-0.2, 0) is 23.0 Å². The summed E-state index contributed by atoms with van der Waals surface area (Å²) in [5, 5.41) is 0. The van der Waals surface area contributed by atoms with Crippen LogP contribution >= 0.6 is 0 Å². The monoisotopic (exact) mass is 453 g/mol. The van der Waals surface area contributed by atoms with Gasteiger partial charge in [0.1, 0.15) is 5.75 Å². The van der Waals surface area contributed by atoms with Crippen LogP contribution < -0.4 is 9.64 Å². The molecule has 0 atom stereocenters. The number of ether oxygens (including phenoxy) is 1. The van der Waals surface area contributed by atoms with E-state index in [9.17, 15) is 17.2 Å². The standard InChI is InChI=1S/C20H25F2N5O3S/c1-3-31(28,29)27-7-6-18-15(13-27)19(30-14-4-5-16(21)17(22)12-14)24-20(23-18)26-10-8-25(2)9-11-26/h4-5,12H,3,6-11,13H2,1-2H3. The molecule has 11 heteroatoms. The first kappa shape index (κ1) is 21.8. The van der Waals surface area contributed by atoms with Crippen LogP contribution in [-0.4, -0.2) is 73.1 Å². The van der Waals surface area contributed by atoms with E-state index < -0.39 is 21.7 Å². The third kappa shape index (κ3) is 4.63. The number of anilines is 1. The summed E-state index contributed by atoms with van der Waals surface area (Å²) in [4.78, 5) is 13.5. The van der Waals surface area contributed by atoms with Crippen molar-refractivity contribution in [3.63, 3.8) is 0 Å². The average Bonchev–Trinajstić information content (AvgIpc) is 2.76. The molecule has 0 radical (unpaired) electrons. The second-order valence-electron chi connectivity index (χ2n) is 7.71. The molecule has 2 aliphatic rings. The fourth-order valence-corrected chi connectivity index (χ4v) is 4.71. The van der Waals surface area contributed by atoms with Gasteiger partial charge in [-0.2, -0.15) is 9.29 Å². The van der Waals surface area contributed by atoms with Crippen molar-refractivity contribution in [2.24, 2.45) is 0 Å². The molecule has 1 aromatic carbocycles. The number of fused-ring (bicyclic) bond motifs is 1. The maximum atomic E-state index is 13.7. The molecule has 4 rings (SSSR count). The molecule has 0 saturated carbocycles. The summed E-state index contributed by atoms with van der Waals surface area (Å²) >= 11 is 0. The van der Waals surface area contributed by atoms with E-state index >= 15 is 0 Å². The lowest BCUT2D eigenvalue weighted by atomic mass is 10.1. The fraction of sp³-hybridized carbons (Fsp3) is 0.500. The molecule has 1 aromatic heterocycles. The number of piperazine rings is 1. The number of halogens is 2. The molecular formula is C20H25F2N5O3S. The van der Waals surface area contributed by atoms with Gasteiger partial charge in [0.15, 0.2) is 11.6 Å². The average molecular weight is 454 g/mol. The Morgan fingerprint density at radius 2 is 1.81 bits per heavy atom. The maximum Gasteiger partial charge on any atom is 0.228 e. The second kappa shape index (κ2) is 8.64. The number of hydrogen-bond acceptors (Lipinski definition) is 7. The van der Waals surface area contributed by atoms with Crippen LogP contribution in [0.3, 0.4) is 0 Å². The highest BCUT2D eigenvalue weighted by Gasteiger charge is 2.31.